The summed E-state index contributed by atoms with van der Waals surface area (Å²) in [6, 6.07) is 0.320. The molecular formula is C23H44N6O. The number of unbranched alkanes of at least 4 members (excludes halogenated alkanes) is 1. The molecule has 30 heavy (non-hydrogen) atoms. The van der Waals surface area contributed by atoms with Gasteiger partial charge in [-0.2, -0.15) is 0 Å². The molecule has 2 saturated heterocycles. The number of nitrogens with zero attached hydrogens (tertiary/aromatic N) is 4. The van der Waals surface area contributed by atoms with Gasteiger partial charge in [0, 0.05) is 64.3 Å². The summed E-state index contributed by atoms with van der Waals surface area (Å²) in [5.41, 5.74) is 0. The molecule has 1 atom stereocenters. The number of guanidine groups is 1. The summed E-state index contributed by atoms with van der Waals surface area (Å²) in [7, 11) is 2.21. The molecule has 7 heteroatoms. The van der Waals surface area contributed by atoms with E-state index in [4.69, 9.17) is 4.99 Å². The predicted octanol–water partition coefficient (Wildman–Crippen LogP) is 1.75. The highest BCUT2D eigenvalue weighted by Crippen LogP contribution is 2.26. The van der Waals surface area contributed by atoms with E-state index in [1.165, 1.54) is 58.4 Å². The fourth-order valence-corrected chi connectivity index (χ4v) is 4.91. The number of nitrogens with one attached hydrogen (secondary N) is 2. The molecule has 3 fully saturated rings. The monoisotopic (exact) mass is 420 g/mol. The molecule has 0 aromatic carbocycles. The topological polar surface area (TPSA) is 63.2 Å². The van der Waals surface area contributed by atoms with E-state index in [0.29, 0.717) is 11.9 Å². The van der Waals surface area contributed by atoms with Crippen LogP contribution >= 0.6 is 0 Å². The summed E-state index contributed by atoms with van der Waals surface area (Å²) in [5, 5.41) is 6.96. The lowest BCUT2D eigenvalue weighted by Gasteiger charge is -2.32. The van der Waals surface area contributed by atoms with Crippen LogP contribution in [0.3, 0.4) is 0 Å². The van der Waals surface area contributed by atoms with Gasteiger partial charge in [-0.15, -0.1) is 0 Å². The first kappa shape index (κ1) is 23.3. The molecule has 0 aromatic heterocycles. The fraction of sp³-hybridized carbons (Fsp3) is 0.913. The summed E-state index contributed by atoms with van der Waals surface area (Å²) in [5.74, 6) is 1.58. The number of likely N-dealkylation sites (tertiary alicyclic amines) is 1. The zero-order valence-electron chi connectivity index (χ0n) is 19.4. The average molecular weight is 421 g/mol. The Morgan fingerprint density at radius 1 is 1.00 bits per heavy atom. The Kier molecular flexibility index (Phi) is 9.72. The van der Waals surface area contributed by atoms with Crippen LogP contribution < -0.4 is 10.6 Å². The second kappa shape index (κ2) is 12.5. The predicted molar refractivity (Wildman–Crippen MR) is 124 cm³/mol. The molecule has 0 radical (unpaired) electrons. The van der Waals surface area contributed by atoms with Crippen molar-refractivity contribution in [3.8, 4) is 0 Å². The quantitative estimate of drug-likeness (QED) is 0.356. The molecule has 0 aromatic rings. The summed E-state index contributed by atoms with van der Waals surface area (Å²) in [6.45, 7) is 11.5. The van der Waals surface area contributed by atoms with Crippen LogP contribution in [-0.4, -0.2) is 98.6 Å². The first-order valence-corrected chi connectivity index (χ1v) is 12.4. The smallest absolute Gasteiger partial charge is 0.225 e. The van der Waals surface area contributed by atoms with Crippen molar-refractivity contribution in [2.75, 3.05) is 66.0 Å². The van der Waals surface area contributed by atoms with Gasteiger partial charge in [-0.1, -0.05) is 19.3 Å². The lowest BCUT2D eigenvalue weighted by atomic mass is 9.88. The Morgan fingerprint density at radius 3 is 2.50 bits per heavy atom. The van der Waals surface area contributed by atoms with Crippen molar-refractivity contribution >= 4 is 11.9 Å². The van der Waals surface area contributed by atoms with Gasteiger partial charge in [0.2, 0.25) is 5.91 Å². The fourth-order valence-electron chi connectivity index (χ4n) is 4.91. The zero-order chi connectivity index (χ0) is 21.2. The van der Waals surface area contributed by atoms with Crippen LogP contribution in [0.1, 0.15) is 58.3 Å². The zero-order valence-corrected chi connectivity index (χ0v) is 19.4. The largest absolute Gasteiger partial charge is 0.357 e. The van der Waals surface area contributed by atoms with Gasteiger partial charge in [-0.05, 0) is 52.6 Å². The second-order valence-corrected chi connectivity index (χ2v) is 9.36. The highest BCUT2D eigenvalue weighted by Gasteiger charge is 2.31. The molecule has 1 aliphatic carbocycles. The van der Waals surface area contributed by atoms with Crippen LogP contribution in [-0.2, 0) is 4.79 Å². The molecule has 3 aliphatic rings. The molecule has 1 unspecified atom stereocenters. The number of rotatable bonds is 8. The lowest BCUT2D eigenvalue weighted by molar-refractivity contribution is -0.135. The Balaban J connectivity index is 1.35. The van der Waals surface area contributed by atoms with Gasteiger partial charge in [-0.3, -0.25) is 9.79 Å². The van der Waals surface area contributed by atoms with Gasteiger partial charge in [-0.25, -0.2) is 0 Å². The van der Waals surface area contributed by atoms with Crippen molar-refractivity contribution in [2.45, 2.75) is 64.3 Å². The van der Waals surface area contributed by atoms with Crippen molar-refractivity contribution in [2.24, 2.45) is 10.9 Å². The van der Waals surface area contributed by atoms with Crippen LogP contribution in [0.2, 0.25) is 0 Å². The Morgan fingerprint density at radius 2 is 1.77 bits per heavy atom. The van der Waals surface area contributed by atoms with Gasteiger partial charge in [0.1, 0.15) is 0 Å². The van der Waals surface area contributed by atoms with E-state index < -0.39 is 0 Å². The van der Waals surface area contributed by atoms with Crippen LogP contribution in [0.5, 0.6) is 0 Å². The number of piperazine rings is 1. The number of carbonyl (C=O) groups excluding carboxylic acids is 1. The number of carbonyl (C=O) groups is 1. The van der Waals surface area contributed by atoms with Crippen LogP contribution in [0.25, 0.3) is 0 Å². The lowest BCUT2D eigenvalue weighted by Crippen LogP contribution is -2.45. The third-order valence-electron chi connectivity index (χ3n) is 6.89. The van der Waals surface area contributed by atoms with Gasteiger partial charge in [0.25, 0.3) is 0 Å². The molecule has 1 amide bonds. The number of hydrogen-bond acceptors (Lipinski definition) is 4. The summed E-state index contributed by atoms with van der Waals surface area (Å²) in [6.07, 6.45) is 9.27. The first-order chi connectivity index (χ1) is 14.7. The summed E-state index contributed by atoms with van der Waals surface area (Å²) in [4.78, 5) is 24.7. The second-order valence-electron chi connectivity index (χ2n) is 9.36. The Bertz CT molecular complexity index is 540. The molecule has 3 rings (SSSR count). The van der Waals surface area contributed by atoms with Crippen molar-refractivity contribution < 1.29 is 4.79 Å². The maximum absolute atomic E-state index is 12.8. The molecule has 1 saturated carbocycles. The maximum Gasteiger partial charge on any atom is 0.225 e. The molecular weight excluding hydrogens is 376 g/mol. The van der Waals surface area contributed by atoms with E-state index in [-0.39, 0.29) is 5.92 Å². The van der Waals surface area contributed by atoms with Crippen molar-refractivity contribution in [1.29, 1.82) is 0 Å². The number of aliphatic imine (C=N–C) groups is 1. The van der Waals surface area contributed by atoms with E-state index >= 15 is 0 Å². The van der Waals surface area contributed by atoms with E-state index in [1.807, 2.05) is 0 Å². The third kappa shape index (κ3) is 7.41. The van der Waals surface area contributed by atoms with Crippen molar-refractivity contribution in [3.63, 3.8) is 0 Å². The van der Waals surface area contributed by atoms with Crippen LogP contribution in [0.4, 0.5) is 0 Å². The number of hydrogen-bond donors (Lipinski definition) is 2. The van der Waals surface area contributed by atoms with Crippen LogP contribution in [0, 0.1) is 5.92 Å². The van der Waals surface area contributed by atoms with E-state index in [1.54, 1.807) is 0 Å². The van der Waals surface area contributed by atoms with E-state index in [9.17, 15) is 4.79 Å². The number of amides is 1. The Labute approximate surface area is 183 Å². The molecule has 2 heterocycles. The molecule has 7 nitrogen and oxygen atoms in total. The SMILES string of the molecule is CCNC(=NCCCCN1CCN(C)CC1)NC1CCN(C(=O)C2CCCCC2)C1. The first-order valence-electron chi connectivity index (χ1n) is 12.4. The van der Waals surface area contributed by atoms with Crippen LogP contribution in [0.15, 0.2) is 4.99 Å². The molecule has 172 valence electrons. The summed E-state index contributed by atoms with van der Waals surface area (Å²) < 4.78 is 0. The minimum Gasteiger partial charge on any atom is -0.357 e. The van der Waals surface area contributed by atoms with E-state index in [0.717, 1.165) is 57.8 Å². The van der Waals surface area contributed by atoms with Gasteiger partial charge in [0.15, 0.2) is 5.96 Å². The molecule has 2 N–H and O–H groups in total. The third-order valence-corrected chi connectivity index (χ3v) is 6.89. The van der Waals surface area contributed by atoms with E-state index in [2.05, 4.69) is 39.3 Å². The van der Waals surface area contributed by atoms with Crippen molar-refractivity contribution in [3.05, 3.63) is 0 Å². The molecule has 0 bridgehead atoms. The number of likely N-dealkylation sites (N-methyl/N-ethyl adjacent to an activating group) is 1. The standard InChI is InChI=1S/C23H44N6O/c1-3-24-23(25-12-7-8-13-28-17-15-27(2)16-18-28)26-21-11-14-29(19-21)22(30)20-9-5-4-6-10-20/h20-21H,3-19H2,1-2H3,(H2,24,25,26). The maximum atomic E-state index is 12.8. The van der Waals surface area contributed by atoms with Gasteiger partial charge >= 0.3 is 0 Å². The van der Waals surface area contributed by atoms with Gasteiger partial charge in [0.05, 0.1) is 0 Å². The van der Waals surface area contributed by atoms with Gasteiger partial charge < -0.3 is 25.3 Å². The molecule has 2 aliphatic heterocycles. The highest BCUT2D eigenvalue weighted by molar-refractivity contribution is 5.81. The normalized spacial score (nSPS) is 24.9. The molecule has 0 spiro atoms. The minimum absolute atomic E-state index is 0.278. The average Bonchev–Trinajstić information content (AvgIpc) is 3.23. The minimum atomic E-state index is 0.278. The van der Waals surface area contributed by atoms with Crippen molar-refractivity contribution in [1.82, 2.24) is 25.3 Å². The highest BCUT2D eigenvalue weighted by atomic mass is 16.2. The Hall–Kier alpha value is -1.34. The summed E-state index contributed by atoms with van der Waals surface area (Å²) >= 11 is 0.